The van der Waals surface area contributed by atoms with Gasteiger partial charge in [-0.3, -0.25) is 9.59 Å². The van der Waals surface area contributed by atoms with Crippen molar-refractivity contribution in [3.8, 4) is 5.88 Å². The molecule has 1 N–H and O–H groups in total. The normalized spacial score (nSPS) is 18.8. The number of carbonyl (C=O) groups excluding carboxylic acids is 2. The Labute approximate surface area is 163 Å². The zero-order chi connectivity index (χ0) is 20.5. The molecule has 2 heterocycles. The van der Waals surface area contributed by atoms with E-state index in [9.17, 15) is 18.4 Å². The average molecular weight is 395 g/mol. The molecule has 1 aliphatic carbocycles. The first-order valence-electron chi connectivity index (χ1n) is 9.74. The van der Waals surface area contributed by atoms with Crippen molar-refractivity contribution in [2.24, 2.45) is 5.92 Å². The molecule has 1 saturated heterocycles. The summed E-state index contributed by atoms with van der Waals surface area (Å²) in [5.74, 6) is -2.69. The van der Waals surface area contributed by atoms with Gasteiger partial charge in [0.25, 0.3) is 11.8 Å². The van der Waals surface area contributed by atoms with Crippen LogP contribution in [0.25, 0.3) is 0 Å². The highest BCUT2D eigenvalue weighted by Crippen LogP contribution is 2.36. The Morgan fingerprint density at radius 3 is 2.64 bits per heavy atom. The highest BCUT2D eigenvalue weighted by Gasteiger charge is 2.39. The van der Waals surface area contributed by atoms with Gasteiger partial charge in [-0.2, -0.15) is 0 Å². The number of pyridine rings is 1. The van der Waals surface area contributed by atoms with Crippen LogP contribution in [0.3, 0.4) is 0 Å². The molecule has 0 unspecified atom stereocenters. The number of Topliss-reactive ketones (excluding diaryl/α,β-unsaturated/α-hetero) is 1. The smallest absolute Gasteiger partial charge is 0.270 e. The van der Waals surface area contributed by atoms with Crippen LogP contribution >= 0.6 is 0 Å². The second-order valence-electron chi connectivity index (χ2n) is 8.16. The van der Waals surface area contributed by atoms with Gasteiger partial charge >= 0.3 is 0 Å². The highest BCUT2D eigenvalue weighted by atomic mass is 19.3. The maximum absolute atomic E-state index is 13.6. The molecule has 8 heteroatoms. The number of carbonyl (C=O) groups is 2. The number of anilines is 1. The fraction of sp³-hybridized carbons (Fsp3) is 0.650. The van der Waals surface area contributed by atoms with Crippen LogP contribution in [0, 0.1) is 5.92 Å². The first-order valence-corrected chi connectivity index (χ1v) is 9.74. The Morgan fingerprint density at radius 2 is 2.07 bits per heavy atom. The molecule has 0 bridgehead atoms. The fourth-order valence-electron chi connectivity index (χ4n) is 3.19. The van der Waals surface area contributed by atoms with Gasteiger partial charge in [-0.15, -0.1) is 0 Å². The summed E-state index contributed by atoms with van der Waals surface area (Å²) in [6.07, 6.45) is 2.23. The Kier molecular flexibility index (Phi) is 5.59. The van der Waals surface area contributed by atoms with E-state index in [-0.39, 0.29) is 30.3 Å². The third kappa shape index (κ3) is 4.77. The van der Waals surface area contributed by atoms with Crippen molar-refractivity contribution in [3.63, 3.8) is 0 Å². The van der Waals surface area contributed by atoms with Gasteiger partial charge in [0.2, 0.25) is 5.88 Å². The monoisotopic (exact) mass is 395 g/mol. The number of ether oxygens (including phenoxy) is 1. The van der Waals surface area contributed by atoms with Crippen LogP contribution in [-0.4, -0.2) is 47.8 Å². The van der Waals surface area contributed by atoms with Gasteiger partial charge in [-0.25, -0.2) is 13.8 Å². The molecule has 2 fully saturated rings. The summed E-state index contributed by atoms with van der Waals surface area (Å²) in [4.78, 5) is 30.5. The summed E-state index contributed by atoms with van der Waals surface area (Å²) in [7, 11) is 0. The molecule has 0 radical (unpaired) electrons. The molecule has 1 aromatic rings. The maximum atomic E-state index is 13.6. The molecule has 0 atom stereocenters. The Hall–Kier alpha value is -2.25. The number of halogens is 2. The standard InChI is InChI=1S/C20H27F2N3O3/c1-4-16(26)19(2,3)24-17(27)14-7-8-15(25-10-9-20(21,22)12-25)18(23-14)28-11-13-5-6-13/h7-8,13H,4-6,9-12H2,1-3H3,(H,24,27). The Balaban J connectivity index is 1.81. The minimum atomic E-state index is -2.74. The predicted molar refractivity (Wildman–Crippen MR) is 101 cm³/mol. The minimum Gasteiger partial charge on any atom is -0.476 e. The molecule has 0 aromatic carbocycles. The largest absolute Gasteiger partial charge is 0.476 e. The summed E-state index contributed by atoms with van der Waals surface area (Å²) >= 11 is 0. The second kappa shape index (κ2) is 7.64. The maximum Gasteiger partial charge on any atom is 0.270 e. The van der Waals surface area contributed by atoms with E-state index in [4.69, 9.17) is 4.74 Å². The first kappa shape index (κ1) is 20.5. The number of rotatable bonds is 8. The van der Waals surface area contributed by atoms with Gasteiger partial charge in [-0.1, -0.05) is 6.92 Å². The van der Waals surface area contributed by atoms with E-state index in [0.717, 1.165) is 12.8 Å². The van der Waals surface area contributed by atoms with Crippen molar-refractivity contribution in [2.45, 2.75) is 57.9 Å². The molecular formula is C20H27F2N3O3. The molecule has 3 rings (SSSR count). The van der Waals surface area contributed by atoms with Crippen LogP contribution in [0.5, 0.6) is 5.88 Å². The van der Waals surface area contributed by atoms with E-state index in [1.54, 1.807) is 31.7 Å². The predicted octanol–water partition coefficient (Wildman–Crippen LogP) is 3.20. The van der Waals surface area contributed by atoms with Crippen molar-refractivity contribution >= 4 is 17.4 Å². The van der Waals surface area contributed by atoms with Crippen LogP contribution in [0.15, 0.2) is 12.1 Å². The lowest BCUT2D eigenvalue weighted by molar-refractivity contribution is -0.123. The number of alkyl halides is 2. The van der Waals surface area contributed by atoms with Gasteiger partial charge in [0.05, 0.1) is 18.7 Å². The average Bonchev–Trinajstić information content (AvgIpc) is 3.40. The van der Waals surface area contributed by atoms with E-state index in [1.807, 2.05) is 0 Å². The number of ketones is 1. The number of nitrogens with zero attached hydrogens (tertiary/aromatic N) is 2. The Morgan fingerprint density at radius 1 is 1.36 bits per heavy atom. The molecule has 1 aromatic heterocycles. The van der Waals surface area contributed by atoms with Gasteiger partial charge in [0, 0.05) is 19.4 Å². The SMILES string of the molecule is CCC(=O)C(C)(C)NC(=O)c1ccc(N2CCC(F)(F)C2)c(OCC2CC2)n1. The Bertz CT molecular complexity index is 763. The molecule has 1 saturated carbocycles. The van der Waals surface area contributed by atoms with E-state index < -0.39 is 23.9 Å². The van der Waals surface area contributed by atoms with E-state index in [0.29, 0.717) is 24.6 Å². The third-order valence-corrected chi connectivity index (χ3v) is 5.18. The van der Waals surface area contributed by atoms with Crippen LogP contribution in [-0.2, 0) is 4.79 Å². The van der Waals surface area contributed by atoms with E-state index in [2.05, 4.69) is 10.3 Å². The van der Waals surface area contributed by atoms with Crippen LogP contribution in [0.2, 0.25) is 0 Å². The molecule has 1 amide bonds. The van der Waals surface area contributed by atoms with Crippen molar-refractivity contribution in [2.75, 3.05) is 24.6 Å². The van der Waals surface area contributed by atoms with Crippen LogP contribution in [0.4, 0.5) is 14.5 Å². The summed E-state index contributed by atoms with van der Waals surface area (Å²) in [6, 6.07) is 3.08. The summed E-state index contributed by atoms with van der Waals surface area (Å²) < 4.78 is 33.1. The topological polar surface area (TPSA) is 71.5 Å². The zero-order valence-electron chi connectivity index (χ0n) is 16.6. The lowest BCUT2D eigenvalue weighted by atomic mass is 9.97. The van der Waals surface area contributed by atoms with Crippen LogP contribution < -0.4 is 15.0 Å². The molecule has 6 nitrogen and oxygen atoms in total. The third-order valence-electron chi connectivity index (χ3n) is 5.18. The fourth-order valence-corrected chi connectivity index (χ4v) is 3.19. The molecule has 28 heavy (non-hydrogen) atoms. The summed E-state index contributed by atoms with van der Waals surface area (Å²) in [5.41, 5.74) is -0.450. The second-order valence-corrected chi connectivity index (χ2v) is 8.16. The van der Waals surface area contributed by atoms with Crippen molar-refractivity contribution in [3.05, 3.63) is 17.8 Å². The van der Waals surface area contributed by atoms with E-state index >= 15 is 0 Å². The van der Waals surface area contributed by atoms with Crippen LogP contribution in [0.1, 0.15) is 56.9 Å². The van der Waals surface area contributed by atoms with Gasteiger partial charge in [-0.05, 0) is 44.7 Å². The van der Waals surface area contributed by atoms with Crippen molar-refractivity contribution in [1.82, 2.24) is 10.3 Å². The molecule has 1 aliphatic heterocycles. The minimum absolute atomic E-state index is 0.0949. The highest BCUT2D eigenvalue weighted by molar-refractivity contribution is 5.98. The van der Waals surface area contributed by atoms with Crippen molar-refractivity contribution in [1.29, 1.82) is 0 Å². The van der Waals surface area contributed by atoms with E-state index in [1.165, 1.54) is 6.07 Å². The number of nitrogens with one attached hydrogen (secondary N) is 1. The first-order chi connectivity index (χ1) is 13.1. The van der Waals surface area contributed by atoms with Gasteiger partial charge < -0.3 is 15.0 Å². The molecule has 2 aliphatic rings. The molecular weight excluding hydrogens is 368 g/mol. The number of hydrogen-bond donors (Lipinski definition) is 1. The summed E-state index contributed by atoms with van der Waals surface area (Å²) in [5, 5.41) is 2.69. The lowest BCUT2D eigenvalue weighted by Gasteiger charge is -2.25. The van der Waals surface area contributed by atoms with Gasteiger partial charge in [0.15, 0.2) is 5.78 Å². The molecule has 0 spiro atoms. The van der Waals surface area contributed by atoms with Gasteiger partial charge in [0.1, 0.15) is 11.4 Å². The lowest BCUT2D eigenvalue weighted by Crippen LogP contribution is -2.49. The number of amides is 1. The zero-order valence-corrected chi connectivity index (χ0v) is 16.6. The van der Waals surface area contributed by atoms with Crippen molar-refractivity contribution < 1.29 is 23.1 Å². The number of hydrogen-bond acceptors (Lipinski definition) is 5. The summed E-state index contributed by atoms with van der Waals surface area (Å²) in [6.45, 7) is 5.29. The number of aromatic nitrogens is 1. The quantitative estimate of drug-likeness (QED) is 0.732. The molecule has 154 valence electrons.